The van der Waals surface area contributed by atoms with Gasteiger partial charge in [-0.15, -0.1) is 5.11 Å². The van der Waals surface area contributed by atoms with Crippen molar-refractivity contribution >= 4 is 6.34 Å². The van der Waals surface area contributed by atoms with Gasteiger partial charge in [-0.25, -0.2) is 10.5 Å². The minimum absolute atomic E-state index is 0.0360. The Morgan fingerprint density at radius 3 is 2.39 bits per heavy atom. The first-order valence-electron chi connectivity index (χ1n) is 9.99. The van der Waals surface area contributed by atoms with Crippen molar-refractivity contribution in [2.75, 3.05) is 6.61 Å². The number of nitrogens with one attached hydrogen (secondary N) is 1. The number of nitrogens with two attached hydrogens (primary N) is 2. The number of hydrazone groups is 1. The molecule has 1 atom stereocenters. The fourth-order valence-electron chi connectivity index (χ4n) is 3.62. The van der Waals surface area contributed by atoms with E-state index in [1.165, 1.54) is 11.8 Å². The van der Waals surface area contributed by atoms with Crippen LogP contribution < -0.4 is 16.3 Å². The first-order chi connectivity index (χ1) is 15.7. The first kappa shape index (κ1) is 23.9. The lowest BCUT2D eigenvalue weighted by Crippen LogP contribution is -2.20. The van der Waals surface area contributed by atoms with Gasteiger partial charge < -0.3 is 16.3 Å². The van der Waals surface area contributed by atoms with Crippen LogP contribution in [0.25, 0.3) is 22.3 Å². The van der Waals surface area contributed by atoms with Crippen molar-refractivity contribution in [3.63, 3.8) is 0 Å². The molecule has 2 aromatic carbocycles. The van der Waals surface area contributed by atoms with Crippen molar-refractivity contribution in [2.24, 2.45) is 21.8 Å². The summed E-state index contributed by atoms with van der Waals surface area (Å²) in [6.07, 6.45) is -1.31. The minimum atomic E-state index is -4.44. The molecule has 0 spiro atoms. The van der Waals surface area contributed by atoms with Crippen molar-refractivity contribution in [1.29, 1.82) is 5.53 Å². The lowest BCUT2D eigenvalue weighted by Gasteiger charge is -2.17. The summed E-state index contributed by atoms with van der Waals surface area (Å²) < 4.78 is 43.2. The molecule has 0 radical (unpaired) electrons. The van der Waals surface area contributed by atoms with Gasteiger partial charge in [-0.1, -0.05) is 42.5 Å². The molecule has 0 fully saturated rings. The Hall–Kier alpha value is -3.79. The molecule has 3 aromatic rings. The maximum atomic E-state index is 12.7. The van der Waals surface area contributed by atoms with E-state index in [4.69, 9.17) is 16.0 Å². The Morgan fingerprint density at radius 2 is 1.79 bits per heavy atom. The monoisotopic (exact) mass is 456 g/mol. The fraction of sp³-hybridized carbons (Fsp3) is 0.217. The number of ether oxygens (including phenoxy) is 1. The summed E-state index contributed by atoms with van der Waals surface area (Å²) in [6.45, 7) is 0.419. The van der Waals surface area contributed by atoms with Gasteiger partial charge in [-0.05, 0) is 52.8 Å². The van der Waals surface area contributed by atoms with Gasteiger partial charge >= 0.3 is 6.18 Å². The van der Waals surface area contributed by atoms with Crippen LogP contribution in [0.1, 0.15) is 29.7 Å². The first-order valence-corrected chi connectivity index (χ1v) is 9.99. The molecule has 1 aliphatic carbocycles. The highest BCUT2D eigenvalue weighted by molar-refractivity contribution is 5.86. The summed E-state index contributed by atoms with van der Waals surface area (Å²) >= 11 is 0. The number of hydrogen-bond acceptors (Lipinski definition) is 6. The molecule has 0 amide bonds. The van der Waals surface area contributed by atoms with Crippen molar-refractivity contribution in [3.05, 3.63) is 71.4 Å². The molecular formula is C23H23F3N6O. The van der Waals surface area contributed by atoms with E-state index in [-0.39, 0.29) is 11.9 Å². The van der Waals surface area contributed by atoms with Crippen LogP contribution in [0.15, 0.2) is 64.9 Å². The molecular weight excluding hydrogens is 433 g/mol. The van der Waals surface area contributed by atoms with Crippen LogP contribution in [-0.4, -0.2) is 24.1 Å². The van der Waals surface area contributed by atoms with Crippen LogP contribution >= 0.6 is 0 Å². The predicted octanol–water partition coefficient (Wildman–Crippen LogP) is 5.20. The molecule has 172 valence electrons. The topological polar surface area (TPSA) is 123 Å². The second kappa shape index (κ2) is 10.2. The largest absolute Gasteiger partial charge is 0.468 e. The van der Waals surface area contributed by atoms with E-state index in [2.05, 4.69) is 33.2 Å². The number of hydrogen-bond donors (Lipinski definition) is 3. The highest BCUT2D eigenvalue weighted by Gasteiger charge is 2.30. The number of benzene rings is 2. The molecule has 1 heterocycles. The van der Waals surface area contributed by atoms with Gasteiger partial charge in [-0.3, -0.25) is 0 Å². The van der Waals surface area contributed by atoms with Gasteiger partial charge in [0.25, 0.3) is 0 Å². The van der Waals surface area contributed by atoms with Crippen LogP contribution in [0.2, 0.25) is 0 Å². The quantitative estimate of drug-likeness (QED) is 0.126. The summed E-state index contributed by atoms with van der Waals surface area (Å²) in [5.41, 5.74) is 18.5. The summed E-state index contributed by atoms with van der Waals surface area (Å²) in [5.74, 6) is 4.46. The Kier molecular flexibility index (Phi) is 7.39. The number of rotatable bonds is 5. The number of halogens is 3. The summed E-state index contributed by atoms with van der Waals surface area (Å²) in [6, 6.07) is 15.4. The second-order valence-corrected chi connectivity index (χ2v) is 7.37. The van der Waals surface area contributed by atoms with Crippen molar-refractivity contribution < 1.29 is 17.9 Å². The van der Waals surface area contributed by atoms with E-state index >= 15 is 0 Å². The van der Waals surface area contributed by atoms with Crippen molar-refractivity contribution in [1.82, 2.24) is 4.98 Å². The molecule has 5 N–H and O–H groups in total. The smallest absolute Gasteiger partial charge is 0.422 e. The van der Waals surface area contributed by atoms with Crippen LogP contribution in [-0.2, 0) is 6.42 Å². The molecule has 7 nitrogen and oxygen atoms in total. The third kappa shape index (κ3) is 5.72. The molecule has 1 aliphatic rings. The Bertz CT molecular complexity index is 1160. The fourth-order valence-corrected chi connectivity index (χ4v) is 3.62. The zero-order valence-corrected chi connectivity index (χ0v) is 17.8. The maximum Gasteiger partial charge on any atom is 0.422 e. The minimum Gasteiger partial charge on any atom is -0.468 e. The van der Waals surface area contributed by atoms with E-state index in [1.54, 1.807) is 6.07 Å². The molecule has 1 aromatic heterocycles. The number of fused-ring (bicyclic) bond motifs is 3. The summed E-state index contributed by atoms with van der Waals surface area (Å²) in [5, 5.41) is 5.56. The second-order valence-electron chi connectivity index (χ2n) is 7.37. The van der Waals surface area contributed by atoms with E-state index in [0.717, 1.165) is 34.2 Å². The van der Waals surface area contributed by atoms with E-state index in [9.17, 15) is 13.2 Å². The van der Waals surface area contributed by atoms with Crippen LogP contribution in [0.3, 0.4) is 0 Å². The van der Waals surface area contributed by atoms with E-state index in [0.29, 0.717) is 12.0 Å². The molecule has 4 rings (SSSR count). The summed E-state index contributed by atoms with van der Waals surface area (Å²) in [7, 11) is 0. The molecule has 0 saturated heterocycles. The average Bonchev–Trinajstić information content (AvgIpc) is 3.17. The number of nitrogens with zero attached hydrogens (tertiary/aromatic N) is 3. The zero-order valence-electron chi connectivity index (χ0n) is 17.8. The SMILES string of the molecule is CC(N)c1cnc(OCC(F)(F)F)c(-c2cccc3c2Cc2ccccc2-3)c1.N=NC=NN. The summed E-state index contributed by atoms with van der Waals surface area (Å²) in [4.78, 5) is 4.15. The number of pyridine rings is 1. The van der Waals surface area contributed by atoms with Crippen molar-refractivity contribution in [3.8, 4) is 28.1 Å². The van der Waals surface area contributed by atoms with Crippen LogP contribution in [0, 0.1) is 5.53 Å². The highest BCUT2D eigenvalue weighted by atomic mass is 19.4. The van der Waals surface area contributed by atoms with Crippen LogP contribution in [0.4, 0.5) is 13.2 Å². The standard InChI is InChI=1S/C22H19F3N2O.CH4N4/c1-13(26)15-10-20(21(27-11-15)28-12-22(23,24)25)18-8-4-7-17-16-6-3-2-5-14(16)9-19(17)18;2-4-1-5-3/h2-8,10-11,13H,9,12,26H2,1H3;1-2H,3H2. The average molecular weight is 456 g/mol. The number of aromatic nitrogens is 1. The third-order valence-electron chi connectivity index (χ3n) is 5.04. The lowest BCUT2D eigenvalue weighted by molar-refractivity contribution is -0.154. The normalized spacial score (nSPS) is 13.0. The van der Waals surface area contributed by atoms with Gasteiger partial charge in [0.2, 0.25) is 5.88 Å². The Labute approximate surface area is 188 Å². The Morgan fingerprint density at radius 1 is 1.12 bits per heavy atom. The highest BCUT2D eigenvalue weighted by Crippen LogP contribution is 2.43. The van der Waals surface area contributed by atoms with Gasteiger partial charge in [-0.2, -0.15) is 18.3 Å². The molecule has 0 bridgehead atoms. The molecule has 10 heteroatoms. The van der Waals surface area contributed by atoms with Crippen molar-refractivity contribution in [2.45, 2.75) is 25.6 Å². The van der Waals surface area contributed by atoms with Gasteiger partial charge in [0.05, 0.1) is 0 Å². The van der Waals surface area contributed by atoms with Gasteiger partial charge in [0.15, 0.2) is 12.9 Å². The maximum absolute atomic E-state index is 12.7. The molecule has 1 unspecified atom stereocenters. The van der Waals surface area contributed by atoms with Gasteiger partial charge in [0.1, 0.15) is 0 Å². The number of alkyl halides is 3. The Balaban J connectivity index is 0.000000555. The van der Waals surface area contributed by atoms with E-state index < -0.39 is 12.8 Å². The molecule has 0 aliphatic heterocycles. The van der Waals surface area contributed by atoms with Crippen LogP contribution in [0.5, 0.6) is 5.88 Å². The molecule has 0 saturated carbocycles. The third-order valence-corrected chi connectivity index (χ3v) is 5.04. The van der Waals surface area contributed by atoms with Gasteiger partial charge in [0, 0.05) is 17.8 Å². The van der Waals surface area contributed by atoms with E-state index in [1.807, 2.05) is 37.3 Å². The molecule has 33 heavy (non-hydrogen) atoms. The lowest BCUT2D eigenvalue weighted by atomic mass is 9.95. The zero-order chi connectivity index (χ0) is 24.0. The predicted molar refractivity (Wildman–Crippen MR) is 120 cm³/mol.